The van der Waals surface area contributed by atoms with Gasteiger partial charge in [-0.15, -0.1) is 11.3 Å². The first kappa shape index (κ1) is 20.7. The van der Waals surface area contributed by atoms with Crippen LogP contribution in [0.15, 0.2) is 57.9 Å². The van der Waals surface area contributed by atoms with Crippen molar-refractivity contribution in [3.63, 3.8) is 0 Å². The molecule has 2 aliphatic rings. The van der Waals surface area contributed by atoms with Crippen molar-refractivity contribution in [2.24, 2.45) is 10.1 Å². The Labute approximate surface area is 191 Å². The molecule has 0 fully saturated rings. The van der Waals surface area contributed by atoms with E-state index in [2.05, 4.69) is 48.8 Å². The lowest BCUT2D eigenvalue weighted by atomic mass is 10.0. The number of amides is 1. The first-order valence-corrected chi connectivity index (χ1v) is 11.9. The number of carbonyl (C=O) groups excluding carboxylic acids is 1. The first-order valence-electron chi connectivity index (χ1n) is 11.1. The summed E-state index contributed by atoms with van der Waals surface area (Å²) >= 11 is 1.58. The molecule has 1 amide bonds. The lowest BCUT2D eigenvalue weighted by Gasteiger charge is -2.18. The van der Waals surface area contributed by atoms with E-state index in [1.807, 2.05) is 22.9 Å². The maximum absolute atomic E-state index is 11.8. The van der Waals surface area contributed by atoms with Crippen LogP contribution in [-0.4, -0.2) is 28.9 Å². The third-order valence-corrected chi connectivity index (χ3v) is 6.45. The summed E-state index contributed by atoms with van der Waals surface area (Å²) in [6.07, 6.45) is 4.32. The van der Waals surface area contributed by atoms with Gasteiger partial charge in [0.2, 0.25) is 4.80 Å². The topological polar surface area (TPSA) is 68.0 Å². The van der Waals surface area contributed by atoms with Gasteiger partial charge in [-0.3, -0.25) is 9.79 Å². The molecule has 2 heterocycles. The molecule has 0 radical (unpaired) electrons. The second kappa shape index (κ2) is 8.74. The maximum Gasteiger partial charge on any atom is 0.262 e. The minimum absolute atomic E-state index is 0.0509. The zero-order valence-corrected chi connectivity index (χ0v) is 19.1. The Hall–Kier alpha value is -3.19. The van der Waals surface area contributed by atoms with Crippen LogP contribution in [0.5, 0.6) is 5.75 Å². The molecule has 6 nitrogen and oxygen atoms in total. The molecule has 0 saturated heterocycles. The van der Waals surface area contributed by atoms with Gasteiger partial charge in [-0.2, -0.15) is 5.10 Å². The summed E-state index contributed by atoms with van der Waals surface area (Å²) in [5, 5.41) is 10.2. The van der Waals surface area contributed by atoms with Crippen LogP contribution in [0, 0.1) is 0 Å². The number of benzene rings is 2. The molecule has 0 atom stereocenters. The van der Waals surface area contributed by atoms with E-state index in [1.54, 1.807) is 11.3 Å². The molecule has 32 heavy (non-hydrogen) atoms. The molecule has 1 aliphatic heterocycles. The Morgan fingerprint density at radius 3 is 2.84 bits per heavy atom. The molecular formula is C25H26N4O2S. The number of aryl methyl sites for hydroxylation is 1. The van der Waals surface area contributed by atoms with Crippen molar-refractivity contribution < 1.29 is 9.53 Å². The van der Waals surface area contributed by atoms with E-state index in [-0.39, 0.29) is 18.6 Å². The van der Waals surface area contributed by atoms with E-state index >= 15 is 0 Å². The highest BCUT2D eigenvalue weighted by atomic mass is 32.1. The van der Waals surface area contributed by atoms with Crippen LogP contribution in [0.25, 0.3) is 11.3 Å². The van der Waals surface area contributed by atoms with E-state index in [9.17, 15) is 4.79 Å². The van der Waals surface area contributed by atoms with Gasteiger partial charge in [0.15, 0.2) is 6.61 Å². The van der Waals surface area contributed by atoms with E-state index < -0.39 is 0 Å². The van der Waals surface area contributed by atoms with Crippen molar-refractivity contribution in [3.05, 3.63) is 63.8 Å². The number of fused-ring (bicyclic) bond motifs is 2. The van der Waals surface area contributed by atoms with E-state index in [1.165, 1.54) is 17.5 Å². The molecular weight excluding hydrogens is 420 g/mol. The normalized spacial score (nSPS) is 17.5. The highest BCUT2D eigenvalue weighted by molar-refractivity contribution is 7.07. The van der Waals surface area contributed by atoms with Crippen LogP contribution in [0.2, 0.25) is 0 Å². The van der Waals surface area contributed by atoms with Crippen LogP contribution >= 0.6 is 11.3 Å². The fraction of sp³-hybridized carbons (Fsp3) is 0.320. The van der Waals surface area contributed by atoms with Crippen LogP contribution in [-0.2, 0) is 11.2 Å². The van der Waals surface area contributed by atoms with Crippen LogP contribution in [0.3, 0.4) is 0 Å². The Bertz CT molecular complexity index is 1270. The molecule has 7 heteroatoms. The number of aromatic nitrogens is 1. The number of thiazole rings is 1. The van der Waals surface area contributed by atoms with Crippen LogP contribution in [0.1, 0.15) is 44.2 Å². The second-order valence-corrected chi connectivity index (χ2v) is 9.23. The highest BCUT2D eigenvalue weighted by Gasteiger charge is 2.19. The summed E-state index contributed by atoms with van der Waals surface area (Å²) < 4.78 is 7.49. The van der Waals surface area contributed by atoms with Crippen LogP contribution in [0.4, 0.5) is 5.69 Å². The van der Waals surface area contributed by atoms with Gasteiger partial charge in [0.1, 0.15) is 5.75 Å². The van der Waals surface area contributed by atoms with Gasteiger partial charge in [-0.1, -0.05) is 24.3 Å². The van der Waals surface area contributed by atoms with Gasteiger partial charge in [0.05, 0.1) is 17.1 Å². The molecule has 5 rings (SSSR count). The predicted octanol–water partition coefficient (Wildman–Crippen LogP) is 4.84. The maximum atomic E-state index is 11.8. The highest BCUT2D eigenvalue weighted by Crippen LogP contribution is 2.33. The summed E-state index contributed by atoms with van der Waals surface area (Å²) in [6, 6.07) is 14.6. The molecule has 0 saturated carbocycles. The molecule has 1 aliphatic carbocycles. The number of carbonyl (C=O) groups is 1. The molecule has 0 bridgehead atoms. The van der Waals surface area contributed by atoms with Gasteiger partial charge in [-0.25, -0.2) is 4.68 Å². The molecule has 0 unspecified atom stereocenters. The molecule has 2 aromatic carbocycles. The van der Waals surface area contributed by atoms with Crippen molar-refractivity contribution in [1.82, 2.24) is 4.68 Å². The Kier molecular flexibility index (Phi) is 5.66. The predicted molar refractivity (Wildman–Crippen MR) is 129 cm³/mol. The summed E-state index contributed by atoms with van der Waals surface area (Å²) in [5.41, 5.74) is 6.28. The monoisotopic (exact) mass is 446 g/mol. The van der Waals surface area contributed by atoms with E-state index in [0.29, 0.717) is 11.4 Å². The average molecular weight is 447 g/mol. The summed E-state index contributed by atoms with van der Waals surface area (Å²) in [4.78, 5) is 17.5. The zero-order chi connectivity index (χ0) is 22.1. The summed E-state index contributed by atoms with van der Waals surface area (Å²) in [6.45, 7) is 4.20. The van der Waals surface area contributed by atoms with Gasteiger partial charge >= 0.3 is 0 Å². The number of hydrogen-bond donors (Lipinski definition) is 1. The standard InChI is InChI=1S/C25H26N4O2S/c1-16(2)26-25-29(28-20-10-6-4-8-17-7-3-5-9-19(17)20)22(15-32-25)18-11-12-23-21(13-18)27-24(30)14-31-23/h3,5,7,9,11-13,15-16H,4,6,8,10,14H2,1-2H3,(H,27,30). The quantitative estimate of drug-likeness (QED) is 0.585. The first-order chi connectivity index (χ1) is 15.6. The fourth-order valence-corrected chi connectivity index (χ4v) is 5.10. The van der Waals surface area contributed by atoms with Crippen molar-refractivity contribution in [1.29, 1.82) is 0 Å². The number of anilines is 1. The van der Waals surface area contributed by atoms with E-state index in [4.69, 9.17) is 14.8 Å². The van der Waals surface area contributed by atoms with Crippen molar-refractivity contribution >= 4 is 28.6 Å². The molecule has 1 aromatic heterocycles. The van der Waals surface area contributed by atoms with E-state index in [0.717, 1.165) is 41.0 Å². The van der Waals surface area contributed by atoms with Gasteiger partial charge in [0.25, 0.3) is 5.91 Å². The third kappa shape index (κ3) is 4.12. The largest absolute Gasteiger partial charge is 0.482 e. The minimum Gasteiger partial charge on any atom is -0.482 e. The summed E-state index contributed by atoms with van der Waals surface area (Å²) in [7, 11) is 0. The Morgan fingerprint density at radius 2 is 1.97 bits per heavy atom. The minimum atomic E-state index is -0.140. The number of nitrogens with zero attached hydrogens (tertiary/aromatic N) is 3. The van der Waals surface area contributed by atoms with Gasteiger partial charge in [0, 0.05) is 22.5 Å². The molecule has 164 valence electrons. The Balaban J connectivity index is 1.66. The molecule has 0 spiro atoms. The zero-order valence-electron chi connectivity index (χ0n) is 18.3. The number of ether oxygens (including phenoxy) is 1. The smallest absolute Gasteiger partial charge is 0.262 e. The number of nitrogens with one attached hydrogen (secondary N) is 1. The Morgan fingerprint density at radius 1 is 1.12 bits per heavy atom. The van der Waals surface area contributed by atoms with Crippen molar-refractivity contribution in [2.75, 3.05) is 11.9 Å². The number of rotatable bonds is 3. The van der Waals surface area contributed by atoms with Gasteiger partial charge < -0.3 is 10.1 Å². The fourth-order valence-electron chi connectivity index (χ4n) is 4.13. The van der Waals surface area contributed by atoms with Gasteiger partial charge in [-0.05, 0) is 63.3 Å². The van der Waals surface area contributed by atoms with Crippen LogP contribution < -0.4 is 14.9 Å². The third-order valence-electron chi connectivity index (χ3n) is 5.62. The average Bonchev–Trinajstić information content (AvgIpc) is 3.04. The number of hydrogen-bond acceptors (Lipinski definition) is 5. The molecule has 3 aromatic rings. The van der Waals surface area contributed by atoms with Crippen molar-refractivity contribution in [3.8, 4) is 17.0 Å². The summed E-state index contributed by atoms with van der Waals surface area (Å²) in [5.74, 6) is 0.546. The van der Waals surface area contributed by atoms with Crippen molar-refractivity contribution in [2.45, 2.75) is 45.6 Å². The molecule has 1 N–H and O–H groups in total. The lowest BCUT2D eigenvalue weighted by Crippen LogP contribution is -2.25. The lowest BCUT2D eigenvalue weighted by molar-refractivity contribution is -0.118. The second-order valence-electron chi connectivity index (χ2n) is 8.40. The SMILES string of the molecule is CC(C)N=c1scc(-c2ccc3c(c2)NC(=O)CO3)n1N=C1CCCCc2ccccc21.